The molecule has 0 aliphatic heterocycles. The van der Waals surface area contributed by atoms with Gasteiger partial charge in [-0.3, -0.25) is 14.2 Å². The zero-order chi connectivity index (χ0) is 25.5. The lowest BCUT2D eigenvalue weighted by molar-refractivity contribution is -0.148. The summed E-state index contributed by atoms with van der Waals surface area (Å²) in [7, 11) is -3.79. The van der Waals surface area contributed by atoms with Gasteiger partial charge in [0.15, 0.2) is 0 Å². The van der Waals surface area contributed by atoms with Gasteiger partial charge in [0, 0.05) is 12.3 Å². The fourth-order valence-corrected chi connectivity index (χ4v) is 6.44. The van der Waals surface area contributed by atoms with E-state index in [0.717, 1.165) is 24.0 Å². The molecule has 0 bridgehead atoms. The Labute approximate surface area is 209 Å². The number of carbonyl (C=O) groups excluding carboxylic acids is 2. The number of hydrogen-bond acceptors (Lipinski definition) is 5. The van der Waals surface area contributed by atoms with Gasteiger partial charge < -0.3 is 14.4 Å². The van der Waals surface area contributed by atoms with Crippen LogP contribution in [0.2, 0.25) is 0 Å². The van der Waals surface area contributed by atoms with E-state index in [4.69, 9.17) is 9.47 Å². The van der Waals surface area contributed by atoms with Gasteiger partial charge >= 0.3 is 11.9 Å². The van der Waals surface area contributed by atoms with Crippen LogP contribution in [0.1, 0.15) is 50.7 Å². The van der Waals surface area contributed by atoms with Crippen LogP contribution >= 0.6 is 7.37 Å². The predicted octanol–water partition coefficient (Wildman–Crippen LogP) is 5.66. The molecule has 6 nitrogen and oxygen atoms in total. The Morgan fingerprint density at radius 2 is 1.11 bits per heavy atom. The third-order valence-electron chi connectivity index (χ3n) is 5.97. The minimum absolute atomic E-state index is 0.185. The first-order valence-electron chi connectivity index (χ1n) is 12.6. The molecule has 2 aromatic rings. The molecule has 0 radical (unpaired) electrons. The molecule has 0 fully saturated rings. The van der Waals surface area contributed by atoms with Crippen molar-refractivity contribution in [3.05, 3.63) is 71.8 Å². The molecule has 2 unspecified atom stereocenters. The molecule has 35 heavy (non-hydrogen) atoms. The summed E-state index contributed by atoms with van der Waals surface area (Å²) >= 11 is 0. The summed E-state index contributed by atoms with van der Waals surface area (Å²) in [5.41, 5.74) is 2.31. The van der Waals surface area contributed by atoms with E-state index in [9.17, 15) is 19.0 Å². The highest BCUT2D eigenvalue weighted by molar-refractivity contribution is 7.58. The standard InChI is InChI=1S/C28H39O6P/c1-3-33-27(29)25(19-11-17-23-13-7-5-8-14-23)21-35(31,32)22-26(28(30)34-4-2)20-12-18-24-15-9-6-10-16-24/h5-10,13-16,25-26H,3-4,11-12,17-22H2,1-2H3,(H,31,32). The number of benzene rings is 2. The van der Waals surface area contributed by atoms with Gasteiger partial charge in [-0.05, 0) is 63.5 Å². The Bertz CT molecular complexity index is 857. The van der Waals surface area contributed by atoms with Gasteiger partial charge in [-0.25, -0.2) is 0 Å². The molecule has 0 aliphatic carbocycles. The first-order chi connectivity index (χ1) is 16.8. The lowest BCUT2D eigenvalue weighted by Gasteiger charge is -2.23. The van der Waals surface area contributed by atoms with Crippen LogP contribution in [0, 0.1) is 11.8 Å². The van der Waals surface area contributed by atoms with E-state index in [0.29, 0.717) is 25.7 Å². The maximum atomic E-state index is 13.3. The Morgan fingerprint density at radius 3 is 1.46 bits per heavy atom. The van der Waals surface area contributed by atoms with Crippen LogP contribution in [0.3, 0.4) is 0 Å². The highest BCUT2D eigenvalue weighted by atomic mass is 31.2. The van der Waals surface area contributed by atoms with E-state index >= 15 is 0 Å². The summed E-state index contributed by atoms with van der Waals surface area (Å²) in [6.45, 7) is 3.88. The zero-order valence-corrected chi connectivity index (χ0v) is 21.8. The molecule has 192 valence electrons. The van der Waals surface area contributed by atoms with E-state index in [1.54, 1.807) is 13.8 Å². The summed E-state index contributed by atoms with van der Waals surface area (Å²) in [5.74, 6) is -2.26. The molecule has 0 aromatic heterocycles. The van der Waals surface area contributed by atoms with Crippen molar-refractivity contribution in [2.45, 2.75) is 52.4 Å². The van der Waals surface area contributed by atoms with Gasteiger partial charge in [-0.2, -0.15) is 0 Å². The highest BCUT2D eigenvalue weighted by Crippen LogP contribution is 2.46. The number of carbonyl (C=O) groups is 2. The minimum Gasteiger partial charge on any atom is -0.466 e. The number of aryl methyl sites for hydroxylation is 2. The van der Waals surface area contributed by atoms with Gasteiger partial charge in [-0.15, -0.1) is 0 Å². The van der Waals surface area contributed by atoms with Crippen LogP contribution < -0.4 is 0 Å². The molecule has 0 saturated carbocycles. The second-order valence-corrected chi connectivity index (χ2v) is 11.3. The molecule has 0 aliphatic rings. The summed E-state index contributed by atoms with van der Waals surface area (Å²) in [6.07, 6.45) is 3.49. The Balaban J connectivity index is 2.00. The third kappa shape index (κ3) is 11.2. The molecule has 0 spiro atoms. The van der Waals surface area contributed by atoms with E-state index in [-0.39, 0.29) is 25.5 Å². The van der Waals surface area contributed by atoms with Crippen molar-refractivity contribution in [1.82, 2.24) is 0 Å². The van der Waals surface area contributed by atoms with Crippen molar-refractivity contribution in [1.29, 1.82) is 0 Å². The van der Waals surface area contributed by atoms with Crippen molar-refractivity contribution < 1.29 is 28.5 Å². The van der Waals surface area contributed by atoms with Crippen LogP contribution in [-0.4, -0.2) is 42.4 Å². The van der Waals surface area contributed by atoms with Gasteiger partial charge in [0.25, 0.3) is 0 Å². The van der Waals surface area contributed by atoms with E-state index in [1.165, 1.54) is 0 Å². The topological polar surface area (TPSA) is 89.9 Å². The molecular weight excluding hydrogens is 463 g/mol. The molecule has 7 heteroatoms. The first-order valence-corrected chi connectivity index (χ1v) is 14.6. The molecule has 0 amide bonds. The van der Waals surface area contributed by atoms with Gasteiger partial charge in [0.05, 0.1) is 25.0 Å². The minimum atomic E-state index is -3.79. The number of ether oxygens (including phenoxy) is 2. The van der Waals surface area contributed by atoms with Crippen LogP contribution in [0.5, 0.6) is 0 Å². The molecule has 0 heterocycles. The second-order valence-electron chi connectivity index (χ2n) is 8.87. The average Bonchev–Trinajstić information content (AvgIpc) is 2.84. The van der Waals surface area contributed by atoms with E-state index in [1.807, 2.05) is 60.7 Å². The normalized spacial score (nSPS) is 14.5. The quantitative estimate of drug-likeness (QED) is 0.235. The Morgan fingerprint density at radius 1 is 0.743 bits per heavy atom. The Hall–Kier alpha value is -2.43. The molecular formula is C28H39O6P. The summed E-state index contributed by atoms with van der Waals surface area (Å²) in [4.78, 5) is 36.0. The first kappa shape index (κ1) is 28.8. The molecule has 2 rings (SSSR count). The molecule has 0 saturated heterocycles. The summed E-state index contributed by atoms with van der Waals surface area (Å²) in [5, 5.41) is 0. The van der Waals surface area contributed by atoms with Gasteiger partial charge in [0.1, 0.15) is 0 Å². The second kappa shape index (κ2) is 15.5. The number of hydrogen-bond donors (Lipinski definition) is 1. The fraction of sp³-hybridized carbons (Fsp3) is 0.500. The monoisotopic (exact) mass is 502 g/mol. The summed E-state index contributed by atoms with van der Waals surface area (Å²) in [6, 6.07) is 19.9. The van der Waals surface area contributed by atoms with Crippen LogP contribution in [-0.2, 0) is 36.5 Å². The lowest BCUT2D eigenvalue weighted by atomic mass is 10.0. The maximum Gasteiger partial charge on any atom is 0.309 e. The lowest BCUT2D eigenvalue weighted by Crippen LogP contribution is -2.26. The van der Waals surface area contributed by atoms with Gasteiger partial charge in [0.2, 0.25) is 7.37 Å². The van der Waals surface area contributed by atoms with E-state index < -0.39 is 31.1 Å². The van der Waals surface area contributed by atoms with Gasteiger partial charge in [-0.1, -0.05) is 60.7 Å². The largest absolute Gasteiger partial charge is 0.466 e. The maximum absolute atomic E-state index is 13.3. The molecule has 2 aromatic carbocycles. The van der Waals surface area contributed by atoms with Crippen molar-refractivity contribution in [2.24, 2.45) is 11.8 Å². The predicted molar refractivity (Wildman–Crippen MR) is 139 cm³/mol. The van der Waals surface area contributed by atoms with E-state index in [2.05, 4.69) is 0 Å². The smallest absolute Gasteiger partial charge is 0.309 e. The van der Waals surface area contributed by atoms with Crippen molar-refractivity contribution in [3.8, 4) is 0 Å². The number of esters is 2. The molecule has 1 N–H and O–H groups in total. The average molecular weight is 503 g/mol. The fourth-order valence-electron chi connectivity index (χ4n) is 4.25. The van der Waals surface area contributed by atoms with Crippen molar-refractivity contribution in [2.75, 3.05) is 25.5 Å². The highest BCUT2D eigenvalue weighted by Gasteiger charge is 2.34. The van der Waals surface area contributed by atoms with Crippen molar-refractivity contribution >= 4 is 19.3 Å². The number of rotatable bonds is 16. The van der Waals surface area contributed by atoms with Crippen LogP contribution in [0.15, 0.2) is 60.7 Å². The summed E-state index contributed by atoms with van der Waals surface area (Å²) < 4.78 is 23.6. The molecule has 2 atom stereocenters. The zero-order valence-electron chi connectivity index (χ0n) is 20.9. The van der Waals surface area contributed by atoms with Crippen LogP contribution in [0.25, 0.3) is 0 Å². The van der Waals surface area contributed by atoms with Crippen molar-refractivity contribution in [3.63, 3.8) is 0 Å². The Kier molecular flexibility index (Phi) is 12.8. The van der Waals surface area contributed by atoms with Crippen LogP contribution in [0.4, 0.5) is 0 Å². The third-order valence-corrected chi connectivity index (χ3v) is 8.00. The SMILES string of the molecule is CCOC(=O)C(CCCc1ccccc1)CP(=O)(O)CC(CCCc1ccccc1)C(=O)OCC.